The molecule has 1 aliphatic heterocycles. The SMILES string of the molecule is CC(Sc1cccc(O)c1)C(=O)N1CCc2ccccc2C1. The van der Waals surface area contributed by atoms with Crippen molar-refractivity contribution in [3.63, 3.8) is 0 Å². The lowest BCUT2D eigenvalue weighted by molar-refractivity contribution is -0.131. The molecule has 3 rings (SSSR count). The Labute approximate surface area is 135 Å². The predicted molar refractivity (Wildman–Crippen MR) is 89.0 cm³/mol. The molecule has 114 valence electrons. The van der Waals surface area contributed by atoms with Gasteiger partial charge in [0.1, 0.15) is 5.75 Å². The van der Waals surface area contributed by atoms with Crippen LogP contribution in [0.4, 0.5) is 0 Å². The molecule has 0 aliphatic carbocycles. The van der Waals surface area contributed by atoms with Gasteiger partial charge in [-0.05, 0) is 42.7 Å². The largest absolute Gasteiger partial charge is 0.508 e. The number of carbonyl (C=O) groups is 1. The van der Waals surface area contributed by atoms with Gasteiger partial charge in [0, 0.05) is 18.0 Å². The Hall–Kier alpha value is -1.94. The van der Waals surface area contributed by atoms with Gasteiger partial charge in [0.15, 0.2) is 0 Å². The number of thioether (sulfide) groups is 1. The van der Waals surface area contributed by atoms with Gasteiger partial charge in [-0.1, -0.05) is 30.3 Å². The second-order valence-electron chi connectivity index (χ2n) is 5.54. The fourth-order valence-electron chi connectivity index (χ4n) is 2.75. The van der Waals surface area contributed by atoms with Gasteiger partial charge >= 0.3 is 0 Å². The third-order valence-electron chi connectivity index (χ3n) is 3.92. The first-order chi connectivity index (χ1) is 10.6. The van der Waals surface area contributed by atoms with Crippen LogP contribution in [0.5, 0.6) is 5.75 Å². The van der Waals surface area contributed by atoms with Gasteiger partial charge in [-0.15, -0.1) is 11.8 Å². The van der Waals surface area contributed by atoms with Gasteiger partial charge < -0.3 is 10.0 Å². The maximum absolute atomic E-state index is 12.6. The summed E-state index contributed by atoms with van der Waals surface area (Å²) in [5, 5.41) is 9.35. The number of fused-ring (bicyclic) bond motifs is 1. The van der Waals surface area contributed by atoms with Crippen molar-refractivity contribution in [2.45, 2.75) is 30.0 Å². The zero-order valence-corrected chi connectivity index (χ0v) is 13.3. The standard InChI is InChI=1S/C18H19NO2S/c1-13(22-17-8-4-7-16(20)11-17)18(21)19-10-9-14-5-2-3-6-15(14)12-19/h2-8,11,13,20H,9-10,12H2,1H3. The lowest BCUT2D eigenvalue weighted by atomic mass is 10.00. The number of aromatic hydroxyl groups is 1. The molecule has 0 radical (unpaired) electrons. The summed E-state index contributed by atoms with van der Waals surface area (Å²) < 4.78 is 0. The van der Waals surface area contributed by atoms with Crippen molar-refractivity contribution < 1.29 is 9.90 Å². The highest BCUT2D eigenvalue weighted by molar-refractivity contribution is 8.00. The predicted octanol–water partition coefficient (Wildman–Crippen LogP) is 3.46. The molecule has 0 fully saturated rings. The van der Waals surface area contributed by atoms with E-state index in [9.17, 15) is 9.90 Å². The third kappa shape index (κ3) is 3.28. The number of nitrogens with zero attached hydrogens (tertiary/aromatic N) is 1. The number of carbonyl (C=O) groups excluding carboxylic acids is 1. The minimum absolute atomic E-state index is 0.155. The molecule has 0 aromatic heterocycles. The normalized spacial score (nSPS) is 15.2. The average molecular weight is 313 g/mol. The van der Waals surface area contributed by atoms with E-state index in [1.807, 2.05) is 24.0 Å². The minimum Gasteiger partial charge on any atom is -0.508 e. The summed E-state index contributed by atoms with van der Waals surface area (Å²) >= 11 is 1.49. The van der Waals surface area contributed by atoms with Gasteiger partial charge in [-0.25, -0.2) is 0 Å². The highest BCUT2D eigenvalue weighted by atomic mass is 32.2. The zero-order chi connectivity index (χ0) is 15.5. The molecule has 0 spiro atoms. The Bertz CT molecular complexity index is 686. The van der Waals surface area contributed by atoms with Crippen molar-refractivity contribution in [3.05, 3.63) is 59.7 Å². The van der Waals surface area contributed by atoms with E-state index in [1.165, 1.54) is 22.9 Å². The van der Waals surface area contributed by atoms with Crippen LogP contribution in [0, 0.1) is 0 Å². The number of phenolic OH excluding ortho intramolecular Hbond substituents is 1. The van der Waals surface area contributed by atoms with Crippen LogP contribution in [-0.2, 0) is 17.8 Å². The molecule has 1 atom stereocenters. The monoisotopic (exact) mass is 313 g/mol. The van der Waals surface area contributed by atoms with Crippen molar-refractivity contribution in [1.29, 1.82) is 0 Å². The van der Waals surface area contributed by atoms with Crippen LogP contribution in [0.2, 0.25) is 0 Å². The topological polar surface area (TPSA) is 40.5 Å². The van der Waals surface area contributed by atoms with Crippen molar-refractivity contribution in [2.24, 2.45) is 0 Å². The molecule has 1 unspecified atom stereocenters. The number of benzene rings is 2. The van der Waals surface area contributed by atoms with Gasteiger partial charge in [0.25, 0.3) is 0 Å². The van der Waals surface area contributed by atoms with Crippen LogP contribution in [-0.4, -0.2) is 27.7 Å². The first-order valence-electron chi connectivity index (χ1n) is 7.45. The summed E-state index contributed by atoms with van der Waals surface area (Å²) in [7, 11) is 0. The maximum Gasteiger partial charge on any atom is 0.236 e. The van der Waals surface area contributed by atoms with E-state index in [-0.39, 0.29) is 16.9 Å². The Balaban J connectivity index is 1.67. The molecular weight excluding hydrogens is 294 g/mol. The summed E-state index contributed by atoms with van der Waals surface area (Å²) in [5.74, 6) is 0.388. The molecule has 22 heavy (non-hydrogen) atoms. The van der Waals surface area contributed by atoms with Gasteiger partial charge in [0.05, 0.1) is 5.25 Å². The summed E-state index contributed by atoms with van der Waals surface area (Å²) in [6, 6.07) is 15.4. The van der Waals surface area contributed by atoms with Crippen molar-refractivity contribution in [3.8, 4) is 5.75 Å². The molecule has 2 aromatic rings. The Morgan fingerprint density at radius 3 is 2.73 bits per heavy atom. The smallest absolute Gasteiger partial charge is 0.236 e. The van der Waals surface area contributed by atoms with E-state index in [4.69, 9.17) is 0 Å². The summed E-state index contributed by atoms with van der Waals surface area (Å²) in [6.45, 7) is 3.40. The van der Waals surface area contributed by atoms with E-state index in [0.717, 1.165) is 17.9 Å². The van der Waals surface area contributed by atoms with E-state index in [0.29, 0.717) is 6.54 Å². The van der Waals surface area contributed by atoms with E-state index < -0.39 is 0 Å². The highest BCUT2D eigenvalue weighted by Gasteiger charge is 2.25. The van der Waals surface area contributed by atoms with Gasteiger partial charge in [-0.2, -0.15) is 0 Å². The molecule has 0 saturated carbocycles. The molecule has 1 N–H and O–H groups in total. The van der Waals surface area contributed by atoms with Crippen LogP contribution < -0.4 is 0 Å². The van der Waals surface area contributed by atoms with E-state index in [2.05, 4.69) is 18.2 Å². The molecule has 2 aromatic carbocycles. The van der Waals surface area contributed by atoms with E-state index >= 15 is 0 Å². The van der Waals surface area contributed by atoms with Crippen LogP contribution in [0.1, 0.15) is 18.1 Å². The maximum atomic E-state index is 12.6. The number of hydrogen-bond acceptors (Lipinski definition) is 3. The summed E-state index contributed by atoms with van der Waals surface area (Å²) in [5.41, 5.74) is 2.59. The number of hydrogen-bond donors (Lipinski definition) is 1. The second kappa shape index (κ2) is 6.44. The molecule has 0 bridgehead atoms. The van der Waals surface area contributed by atoms with Crippen LogP contribution >= 0.6 is 11.8 Å². The molecule has 3 nitrogen and oxygen atoms in total. The minimum atomic E-state index is -0.160. The zero-order valence-electron chi connectivity index (χ0n) is 12.5. The van der Waals surface area contributed by atoms with Crippen LogP contribution in [0.15, 0.2) is 53.4 Å². The van der Waals surface area contributed by atoms with Crippen LogP contribution in [0.25, 0.3) is 0 Å². The van der Waals surface area contributed by atoms with Gasteiger partial charge in [-0.3, -0.25) is 4.79 Å². The van der Waals surface area contributed by atoms with Crippen LogP contribution in [0.3, 0.4) is 0 Å². The number of phenols is 1. The van der Waals surface area contributed by atoms with Crippen molar-refractivity contribution in [1.82, 2.24) is 4.90 Å². The van der Waals surface area contributed by atoms with E-state index in [1.54, 1.807) is 18.2 Å². The Morgan fingerprint density at radius 1 is 1.18 bits per heavy atom. The molecule has 1 heterocycles. The first kappa shape index (κ1) is 15.0. The first-order valence-corrected chi connectivity index (χ1v) is 8.33. The number of amides is 1. The summed E-state index contributed by atoms with van der Waals surface area (Å²) in [6.07, 6.45) is 0.922. The van der Waals surface area contributed by atoms with Crippen molar-refractivity contribution in [2.75, 3.05) is 6.54 Å². The molecule has 1 amide bonds. The lowest BCUT2D eigenvalue weighted by Crippen LogP contribution is -2.40. The quantitative estimate of drug-likeness (QED) is 0.882. The second-order valence-corrected chi connectivity index (χ2v) is 6.95. The number of rotatable bonds is 3. The molecule has 0 saturated heterocycles. The fraction of sp³-hybridized carbons (Fsp3) is 0.278. The molecular formula is C18H19NO2S. The summed E-state index contributed by atoms with van der Waals surface area (Å²) in [4.78, 5) is 15.5. The molecule has 4 heteroatoms. The van der Waals surface area contributed by atoms with Crippen molar-refractivity contribution >= 4 is 17.7 Å². The highest BCUT2D eigenvalue weighted by Crippen LogP contribution is 2.28. The third-order valence-corrected chi connectivity index (χ3v) is 5.00. The average Bonchev–Trinajstić information content (AvgIpc) is 2.53. The Kier molecular flexibility index (Phi) is 4.39. The lowest BCUT2D eigenvalue weighted by Gasteiger charge is -2.30. The van der Waals surface area contributed by atoms with Gasteiger partial charge in [0.2, 0.25) is 5.91 Å². The molecule has 1 aliphatic rings. The Morgan fingerprint density at radius 2 is 1.95 bits per heavy atom. The fourth-order valence-corrected chi connectivity index (χ4v) is 3.76.